The van der Waals surface area contributed by atoms with Gasteiger partial charge in [0.2, 0.25) is 5.89 Å². The van der Waals surface area contributed by atoms with E-state index in [2.05, 4.69) is 10.3 Å². The molecule has 0 radical (unpaired) electrons. The average Bonchev–Trinajstić information content (AvgIpc) is 3.03. The highest BCUT2D eigenvalue weighted by molar-refractivity contribution is 6.30. The predicted octanol–water partition coefficient (Wildman–Crippen LogP) is 4.81. The minimum Gasteiger partial charge on any atom is -0.439 e. The van der Waals surface area contributed by atoms with Gasteiger partial charge >= 0.3 is 0 Å². The molecule has 0 aliphatic carbocycles. The summed E-state index contributed by atoms with van der Waals surface area (Å²) in [6.07, 6.45) is 1.68. The normalized spacial score (nSPS) is 10.5. The number of ketones is 1. The van der Waals surface area contributed by atoms with Crippen molar-refractivity contribution in [3.63, 3.8) is 0 Å². The molecule has 1 N–H and O–H groups in total. The molecule has 0 bridgehead atoms. The van der Waals surface area contributed by atoms with Crippen LogP contribution in [0, 0.1) is 0 Å². The fourth-order valence-corrected chi connectivity index (χ4v) is 2.38. The molecule has 2 aromatic carbocycles. The van der Waals surface area contributed by atoms with Crippen molar-refractivity contribution in [1.82, 2.24) is 4.98 Å². The molecule has 3 rings (SSSR count). The number of benzene rings is 2. The molecule has 1 aromatic heterocycles. The van der Waals surface area contributed by atoms with Crippen LogP contribution in [0.25, 0.3) is 11.3 Å². The molecule has 0 aliphatic rings. The Labute approximate surface area is 139 Å². The molecule has 0 atom stereocenters. The van der Waals surface area contributed by atoms with Crippen LogP contribution in [0.4, 0.5) is 5.69 Å². The van der Waals surface area contributed by atoms with Crippen molar-refractivity contribution in [2.45, 2.75) is 13.5 Å². The molecule has 1 heterocycles. The van der Waals surface area contributed by atoms with Crippen LogP contribution in [0.15, 0.2) is 59.1 Å². The van der Waals surface area contributed by atoms with Crippen LogP contribution in [0.1, 0.15) is 23.2 Å². The molecule has 5 heteroatoms. The van der Waals surface area contributed by atoms with Gasteiger partial charge in [-0.05, 0) is 43.3 Å². The first-order valence-corrected chi connectivity index (χ1v) is 7.56. The molecule has 4 nitrogen and oxygen atoms in total. The molecule has 3 aromatic rings. The van der Waals surface area contributed by atoms with Gasteiger partial charge in [-0.3, -0.25) is 4.79 Å². The molecule has 0 saturated carbocycles. The van der Waals surface area contributed by atoms with Gasteiger partial charge in [0.05, 0.1) is 12.7 Å². The number of hydrogen-bond donors (Lipinski definition) is 1. The first-order valence-electron chi connectivity index (χ1n) is 7.18. The second-order valence-corrected chi connectivity index (χ2v) is 5.52. The highest BCUT2D eigenvalue weighted by Crippen LogP contribution is 2.23. The minimum atomic E-state index is 0.0161. The van der Waals surface area contributed by atoms with Crippen LogP contribution in [0.3, 0.4) is 0 Å². The molecule has 0 aliphatic heterocycles. The smallest absolute Gasteiger partial charge is 0.214 e. The number of nitrogens with zero attached hydrogens (tertiary/aromatic N) is 1. The van der Waals surface area contributed by atoms with Crippen LogP contribution in [-0.2, 0) is 6.54 Å². The number of anilines is 1. The third-order valence-corrected chi connectivity index (χ3v) is 3.67. The maximum atomic E-state index is 11.6. The standard InChI is InChI=1S/C18H15ClN2O2/c1-12(22)15-4-2-3-5-16(15)20-11-18-21-10-17(23-18)13-6-8-14(19)9-7-13/h2-10,20H,11H2,1H3. The second-order valence-electron chi connectivity index (χ2n) is 5.08. The predicted molar refractivity (Wildman–Crippen MR) is 90.7 cm³/mol. The van der Waals surface area contributed by atoms with E-state index in [9.17, 15) is 4.79 Å². The third-order valence-electron chi connectivity index (χ3n) is 3.42. The van der Waals surface area contributed by atoms with Crippen molar-refractivity contribution >= 4 is 23.1 Å². The first-order chi connectivity index (χ1) is 11.1. The SMILES string of the molecule is CC(=O)c1ccccc1NCc1ncc(-c2ccc(Cl)cc2)o1. The Morgan fingerprint density at radius 3 is 2.65 bits per heavy atom. The van der Waals surface area contributed by atoms with Gasteiger partial charge < -0.3 is 9.73 Å². The highest BCUT2D eigenvalue weighted by atomic mass is 35.5. The van der Waals surface area contributed by atoms with Gasteiger partial charge in [-0.1, -0.05) is 23.7 Å². The molecule has 0 spiro atoms. The number of carbonyl (C=O) groups is 1. The van der Waals surface area contributed by atoms with E-state index < -0.39 is 0 Å². The quantitative estimate of drug-likeness (QED) is 0.684. The third kappa shape index (κ3) is 3.60. The van der Waals surface area contributed by atoms with E-state index in [1.54, 1.807) is 31.3 Å². The van der Waals surface area contributed by atoms with E-state index >= 15 is 0 Å². The Morgan fingerprint density at radius 2 is 1.91 bits per heavy atom. The van der Waals surface area contributed by atoms with Crippen LogP contribution in [-0.4, -0.2) is 10.8 Å². The Balaban J connectivity index is 1.73. The van der Waals surface area contributed by atoms with E-state index in [4.69, 9.17) is 16.0 Å². The summed E-state index contributed by atoms with van der Waals surface area (Å²) in [6.45, 7) is 1.95. The zero-order chi connectivity index (χ0) is 16.2. The van der Waals surface area contributed by atoms with Crippen molar-refractivity contribution < 1.29 is 9.21 Å². The van der Waals surface area contributed by atoms with E-state index in [1.807, 2.05) is 30.3 Å². The number of para-hydroxylation sites is 1. The monoisotopic (exact) mass is 326 g/mol. The molecule has 116 valence electrons. The molecule has 23 heavy (non-hydrogen) atoms. The van der Waals surface area contributed by atoms with Gasteiger partial charge in [-0.2, -0.15) is 0 Å². The maximum absolute atomic E-state index is 11.6. The Morgan fingerprint density at radius 1 is 1.17 bits per heavy atom. The summed E-state index contributed by atoms with van der Waals surface area (Å²) in [7, 11) is 0. The van der Waals surface area contributed by atoms with Gasteiger partial charge in [-0.25, -0.2) is 4.98 Å². The summed E-state index contributed by atoms with van der Waals surface area (Å²) in [6, 6.07) is 14.7. The van der Waals surface area contributed by atoms with Gasteiger partial charge in [0.1, 0.15) is 0 Å². The fourth-order valence-electron chi connectivity index (χ4n) is 2.25. The topological polar surface area (TPSA) is 55.1 Å². The number of aromatic nitrogens is 1. The molecule has 0 unspecified atom stereocenters. The lowest BCUT2D eigenvalue weighted by Gasteiger charge is -2.08. The largest absolute Gasteiger partial charge is 0.439 e. The van der Waals surface area contributed by atoms with Crippen LogP contribution in [0.2, 0.25) is 5.02 Å². The molecular weight excluding hydrogens is 312 g/mol. The molecule has 0 amide bonds. The van der Waals surface area contributed by atoms with Crippen molar-refractivity contribution in [2.75, 3.05) is 5.32 Å². The number of rotatable bonds is 5. The van der Waals surface area contributed by atoms with Crippen molar-refractivity contribution in [2.24, 2.45) is 0 Å². The van der Waals surface area contributed by atoms with E-state index in [1.165, 1.54) is 0 Å². The summed E-state index contributed by atoms with van der Waals surface area (Å²) in [4.78, 5) is 15.9. The summed E-state index contributed by atoms with van der Waals surface area (Å²) < 4.78 is 5.73. The summed E-state index contributed by atoms with van der Waals surface area (Å²) in [5.41, 5.74) is 2.33. The zero-order valence-electron chi connectivity index (χ0n) is 12.5. The lowest BCUT2D eigenvalue weighted by molar-refractivity contribution is 0.101. The van der Waals surface area contributed by atoms with E-state index in [-0.39, 0.29) is 5.78 Å². The number of hydrogen-bond acceptors (Lipinski definition) is 4. The minimum absolute atomic E-state index is 0.0161. The van der Waals surface area contributed by atoms with Crippen LogP contribution in [0.5, 0.6) is 0 Å². The number of nitrogens with one attached hydrogen (secondary N) is 1. The number of Topliss-reactive ketones (excluding diaryl/α,β-unsaturated/α-hetero) is 1. The Hall–Kier alpha value is -2.59. The summed E-state index contributed by atoms with van der Waals surface area (Å²) >= 11 is 5.88. The van der Waals surface area contributed by atoms with Crippen LogP contribution < -0.4 is 5.32 Å². The van der Waals surface area contributed by atoms with Crippen molar-refractivity contribution in [1.29, 1.82) is 0 Å². The zero-order valence-corrected chi connectivity index (χ0v) is 13.3. The van der Waals surface area contributed by atoms with Crippen molar-refractivity contribution in [3.8, 4) is 11.3 Å². The van der Waals surface area contributed by atoms with Gasteiger partial charge in [0, 0.05) is 21.8 Å². The molecule has 0 saturated heterocycles. The first kappa shape index (κ1) is 15.3. The molecular formula is C18H15ClN2O2. The summed E-state index contributed by atoms with van der Waals surface area (Å²) in [5.74, 6) is 1.24. The lowest BCUT2D eigenvalue weighted by Crippen LogP contribution is -2.04. The lowest BCUT2D eigenvalue weighted by atomic mass is 10.1. The number of halogens is 1. The number of carbonyl (C=O) groups excluding carboxylic acids is 1. The van der Waals surface area contributed by atoms with Gasteiger partial charge in [0.15, 0.2) is 11.5 Å². The number of oxazole rings is 1. The van der Waals surface area contributed by atoms with Gasteiger partial charge in [-0.15, -0.1) is 0 Å². The van der Waals surface area contributed by atoms with Crippen LogP contribution >= 0.6 is 11.6 Å². The van der Waals surface area contributed by atoms with Crippen molar-refractivity contribution in [3.05, 3.63) is 71.2 Å². The fraction of sp³-hybridized carbons (Fsp3) is 0.111. The van der Waals surface area contributed by atoms with E-state index in [0.717, 1.165) is 11.3 Å². The van der Waals surface area contributed by atoms with Gasteiger partial charge in [0.25, 0.3) is 0 Å². The molecule has 0 fully saturated rings. The second kappa shape index (κ2) is 6.67. The summed E-state index contributed by atoms with van der Waals surface area (Å²) in [5, 5.41) is 3.86. The Kier molecular flexibility index (Phi) is 4.44. The highest BCUT2D eigenvalue weighted by Gasteiger charge is 2.09. The average molecular weight is 327 g/mol. The van der Waals surface area contributed by atoms with E-state index in [0.29, 0.717) is 28.8 Å². The maximum Gasteiger partial charge on any atom is 0.214 e. The Bertz CT molecular complexity index is 825.